The van der Waals surface area contributed by atoms with Crippen molar-refractivity contribution >= 4 is 0 Å². The molecule has 72 valence electrons. The number of hydrogen-bond acceptors (Lipinski definition) is 2. The molecule has 2 nitrogen and oxygen atoms in total. The van der Waals surface area contributed by atoms with Crippen molar-refractivity contribution in [3.05, 3.63) is 0 Å². The van der Waals surface area contributed by atoms with E-state index >= 15 is 0 Å². The molecule has 0 bridgehead atoms. The number of rotatable bonds is 3. The van der Waals surface area contributed by atoms with Gasteiger partial charge >= 0.3 is 0 Å². The maximum absolute atomic E-state index is 5.48. The minimum Gasteiger partial charge on any atom is -0.380 e. The summed E-state index contributed by atoms with van der Waals surface area (Å²) >= 11 is 0. The van der Waals surface area contributed by atoms with Crippen molar-refractivity contribution in [3.63, 3.8) is 0 Å². The van der Waals surface area contributed by atoms with Crippen molar-refractivity contribution in [3.8, 4) is 0 Å². The Kier molecular flexibility index (Phi) is 3.53. The molecule has 0 spiro atoms. The highest BCUT2D eigenvalue weighted by Crippen LogP contribution is 2.27. The molecule has 2 heteroatoms. The largest absolute Gasteiger partial charge is 0.380 e. The summed E-state index contributed by atoms with van der Waals surface area (Å²) in [6, 6.07) is 0. The Balaban J connectivity index is 2.51. The molecule has 1 rings (SSSR count). The van der Waals surface area contributed by atoms with E-state index in [1.54, 1.807) is 0 Å². The molecule has 0 radical (unpaired) electrons. The molecule has 0 N–H and O–H groups in total. The van der Waals surface area contributed by atoms with Crippen LogP contribution in [0.3, 0.4) is 0 Å². The van der Waals surface area contributed by atoms with E-state index in [0.717, 1.165) is 18.4 Å². The van der Waals surface area contributed by atoms with E-state index in [2.05, 4.69) is 25.8 Å². The van der Waals surface area contributed by atoms with Gasteiger partial charge in [0.15, 0.2) is 0 Å². The number of ether oxygens (including phenoxy) is 1. The lowest BCUT2D eigenvalue weighted by atomic mass is 9.89. The first-order chi connectivity index (χ1) is 5.69. The van der Waals surface area contributed by atoms with E-state index in [-0.39, 0.29) is 0 Å². The molecule has 0 saturated carbocycles. The zero-order valence-corrected chi connectivity index (χ0v) is 8.71. The Morgan fingerprint density at radius 3 is 2.67 bits per heavy atom. The number of nitrogens with zero attached hydrogens (tertiary/aromatic N) is 1. The van der Waals surface area contributed by atoms with Crippen molar-refractivity contribution in [1.82, 2.24) is 4.90 Å². The van der Waals surface area contributed by atoms with Gasteiger partial charge in [0.1, 0.15) is 0 Å². The third kappa shape index (κ3) is 1.99. The zero-order chi connectivity index (χ0) is 9.14. The second-order valence-electron chi connectivity index (χ2n) is 4.04. The molecular weight excluding hydrogens is 150 g/mol. The van der Waals surface area contributed by atoms with Crippen molar-refractivity contribution in [2.24, 2.45) is 11.8 Å². The lowest BCUT2D eigenvalue weighted by Gasteiger charge is -2.22. The first-order valence-electron chi connectivity index (χ1n) is 4.90. The quantitative estimate of drug-likeness (QED) is 0.639. The van der Waals surface area contributed by atoms with Crippen molar-refractivity contribution < 1.29 is 4.74 Å². The summed E-state index contributed by atoms with van der Waals surface area (Å²) in [6.07, 6.45) is 1.73. The van der Waals surface area contributed by atoms with Gasteiger partial charge in [-0.05, 0) is 13.0 Å². The Bertz CT molecular complexity index is 138. The monoisotopic (exact) mass is 171 g/mol. The summed E-state index contributed by atoms with van der Waals surface area (Å²) < 4.78 is 5.48. The molecule has 0 amide bonds. The van der Waals surface area contributed by atoms with Crippen LogP contribution in [-0.2, 0) is 4.74 Å². The summed E-state index contributed by atoms with van der Waals surface area (Å²) in [4.78, 5) is 2.37. The Morgan fingerprint density at radius 2 is 2.17 bits per heavy atom. The van der Waals surface area contributed by atoms with Crippen LogP contribution in [0.15, 0.2) is 0 Å². The Hall–Kier alpha value is -0.0800. The fraction of sp³-hybridized carbons (Fsp3) is 1.00. The molecule has 0 aromatic rings. The molecule has 12 heavy (non-hydrogen) atoms. The highest BCUT2D eigenvalue weighted by atomic mass is 16.5. The van der Waals surface area contributed by atoms with Crippen LogP contribution in [0, 0.1) is 11.8 Å². The highest BCUT2D eigenvalue weighted by molar-refractivity contribution is 4.85. The third-order valence-electron chi connectivity index (χ3n) is 3.17. The molecule has 0 aromatic carbocycles. The molecule has 3 atom stereocenters. The SMILES string of the molecule is CCC(C)C1CN(C)C[C@H]1OC. The van der Waals surface area contributed by atoms with Crippen LogP contribution in [0.2, 0.25) is 0 Å². The minimum atomic E-state index is 0.463. The van der Waals surface area contributed by atoms with Gasteiger partial charge in [-0.25, -0.2) is 0 Å². The second kappa shape index (κ2) is 4.24. The van der Waals surface area contributed by atoms with Crippen molar-refractivity contribution in [2.45, 2.75) is 26.4 Å². The predicted molar refractivity (Wildman–Crippen MR) is 51.2 cm³/mol. The lowest BCUT2D eigenvalue weighted by molar-refractivity contribution is 0.0607. The van der Waals surface area contributed by atoms with Gasteiger partial charge in [-0.15, -0.1) is 0 Å². The van der Waals surface area contributed by atoms with E-state index in [1.165, 1.54) is 13.0 Å². The first-order valence-corrected chi connectivity index (χ1v) is 4.90. The average molecular weight is 171 g/mol. The van der Waals surface area contributed by atoms with E-state index in [1.807, 2.05) is 7.11 Å². The summed E-state index contributed by atoms with van der Waals surface area (Å²) in [6.45, 7) is 6.89. The van der Waals surface area contributed by atoms with Gasteiger partial charge in [-0.1, -0.05) is 20.3 Å². The highest BCUT2D eigenvalue weighted by Gasteiger charge is 2.33. The van der Waals surface area contributed by atoms with Gasteiger partial charge in [-0.2, -0.15) is 0 Å². The van der Waals surface area contributed by atoms with Crippen LogP contribution in [0.1, 0.15) is 20.3 Å². The molecule has 2 unspecified atom stereocenters. The summed E-state index contributed by atoms with van der Waals surface area (Å²) in [5.74, 6) is 1.53. The lowest BCUT2D eigenvalue weighted by Crippen LogP contribution is -2.26. The molecule has 0 aromatic heterocycles. The van der Waals surface area contributed by atoms with Crippen LogP contribution < -0.4 is 0 Å². The van der Waals surface area contributed by atoms with Crippen LogP contribution in [0.4, 0.5) is 0 Å². The number of methoxy groups -OCH3 is 1. The average Bonchev–Trinajstić information content (AvgIpc) is 2.45. The number of hydrogen-bond donors (Lipinski definition) is 0. The van der Waals surface area contributed by atoms with Gasteiger partial charge in [0.2, 0.25) is 0 Å². The molecule has 1 aliphatic heterocycles. The van der Waals surface area contributed by atoms with Crippen LogP contribution in [0.25, 0.3) is 0 Å². The van der Waals surface area contributed by atoms with Gasteiger partial charge in [0.25, 0.3) is 0 Å². The van der Waals surface area contributed by atoms with Crippen LogP contribution in [0.5, 0.6) is 0 Å². The summed E-state index contributed by atoms with van der Waals surface area (Å²) in [5, 5.41) is 0. The molecule has 1 saturated heterocycles. The second-order valence-corrected chi connectivity index (χ2v) is 4.04. The van der Waals surface area contributed by atoms with Gasteiger partial charge in [-0.3, -0.25) is 0 Å². The smallest absolute Gasteiger partial charge is 0.0740 e. The summed E-state index contributed by atoms with van der Waals surface area (Å²) in [7, 11) is 4.01. The third-order valence-corrected chi connectivity index (χ3v) is 3.17. The summed E-state index contributed by atoms with van der Waals surface area (Å²) in [5.41, 5.74) is 0. The van der Waals surface area contributed by atoms with Crippen LogP contribution >= 0.6 is 0 Å². The topological polar surface area (TPSA) is 12.5 Å². The predicted octanol–water partition coefficient (Wildman–Crippen LogP) is 1.61. The number of likely N-dealkylation sites (tertiary alicyclic amines) is 1. The fourth-order valence-corrected chi connectivity index (χ4v) is 2.09. The van der Waals surface area contributed by atoms with Crippen molar-refractivity contribution in [2.75, 3.05) is 27.2 Å². The molecule has 1 heterocycles. The van der Waals surface area contributed by atoms with Gasteiger partial charge < -0.3 is 9.64 Å². The zero-order valence-electron chi connectivity index (χ0n) is 8.71. The standard InChI is InChI=1S/C10H21NO/c1-5-8(2)9-6-11(3)7-10(9)12-4/h8-10H,5-7H2,1-4H3/t8?,9?,10-/m1/s1. The minimum absolute atomic E-state index is 0.463. The van der Waals surface area contributed by atoms with Gasteiger partial charge in [0, 0.05) is 26.1 Å². The normalized spacial score (nSPS) is 34.0. The van der Waals surface area contributed by atoms with Crippen molar-refractivity contribution in [1.29, 1.82) is 0 Å². The molecular formula is C10H21NO. The Morgan fingerprint density at radius 1 is 1.50 bits per heavy atom. The molecule has 1 aliphatic rings. The number of likely N-dealkylation sites (N-methyl/N-ethyl adjacent to an activating group) is 1. The first kappa shape index (κ1) is 10.0. The maximum Gasteiger partial charge on any atom is 0.0740 e. The van der Waals surface area contributed by atoms with Gasteiger partial charge in [0.05, 0.1) is 6.10 Å². The van der Waals surface area contributed by atoms with E-state index in [4.69, 9.17) is 4.74 Å². The van der Waals surface area contributed by atoms with Crippen LogP contribution in [-0.4, -0.2) is 38.3 Å². The van der Waals surface area contributed by atoms with E-state index < -0.39 is 0 Å². The fourth-order valence-electron chi connectivity index (χ4n) is 2.09. The maximum atomic E-state index is 5.48. The molecule has 1 fully saturated rings. The Labute approximate surface area is 75.9 Å². The molecule has 0 aliphatic carbocycles. The van der Waals surface area contributed by atoms with E-state index in [9.17, 15) is 0 Å². The van der Waals surface area contributed by atoms with E-state index in [0.29, 0.717) is 6.10 Å².